The summed E-state index contributed by atoms with van der Waals surface area (Å²) in [6.45, 7) is 0. The number of rotatable bonds is 2. The van der Waals surface area contributed by atoms with Crippen LogP contribution in [0.4, 0.5) is 14.6 Å². The van der Waals surface area contributed by atoms with Crippen LogP contribution in [0.25, 0.3) is 22.5 Å². The number of benzene rings is 1. The van der Waals surface area contributed by atoms with E-state index in [0.717, 1.165) is 6.07 Å². The quantitative estimate of drug-likeness (QED) is 0.778. The average molecular weight is 273 g/mol. The lowest BCUT2D eigenvalue weighted by molar-refractivity contribution is 0.430. The van der Waals surface area contributed by atoms with E-state index in [2.05, 4.69) is 10.1 Å². The standard InChI is InChI=1S/C14H9F2N3O/c15-10-3-1-2-9(12(10)16)13-11(14(17)19-20-13)8-4-6-18-7-5-8/h1-7H,(H2,17,19). The molecule has 0 bridgehead atoms. The number of nitrogens with zero attached hydrogens (tertiary/aromatic N) is 2. The first-order valence-corrected chi connectivity index (χ1v) is 5.78. The number of hydrogen-bond donors (Lipinski definition) is 1. The molecule has 0 saturated carbocycles. The molecule has 2 aromatic heterocycles. The van der Waals surface area contributed by atoms with Gasteiger partial charge in [0.2, 0.25) is 0 Å². The molecule has 2 N–H and O–H groups in total. The fourth-order valence-electron chi connectivity index (χ4n) is 1.96. The van der Waals surface area contributed by atoms with Crippen LogP contribution in [0.5, 0.6) is 0 Å². The number of pyridine rings is 1. The lowest BCUT2D eigenvalue weighted by Gasteiger charge is -2.04. The van der Waals surface area contributed by atoms with Crippen molar-refractivity contribution in [3.8, 4) is 22.5 Å². The van der Waals surface area contributed by atoms with Crippen LogP contribution in [0, 0.1) is 11.6 Å². The second-order valence-corrected chi connectivity index (χ2v) is 4.11. The Kier molecular flexibility index (Phi) is 2.90. The van der Waals surface area contributed by atoms with E-state index in [9.17, 15) is 8.78 Å². The zero-order valence-corrected chi connectivity index (χ0v) is 10.2. The summed E-state index contributed by atoms with van der Waals surface area (Å²) < 4.78 is 32.3. The number of halogens is 2. The van der Waals surface area contributed by atoms with Crippen LogP contribution in [0.1, 0.15) is 0 Å². The molecule has 0 saturated heterocycles. The van der Waals surface area contributed by atoms with Crippen LogP contribution in [-0.4, -0.2) is 10.1 Å². The zero-order chi connectivity index (χ0) is 14.1. The summed E-state index contributed by atoms with van der Waals surface area (Å²) in [7, 11) is 0. The van der Waals surface area contributed by atoms with Crippen molar-refractivity contribution in [1.29, 1.82) is 0 Å². The number of nitrogen functional groups attached to an aromatic ring is 1. The summed E-state index contributed by atoms with van der Waals surface area (Å²) in [5.41, 5.74) is 6.81. The van der Waals surface area contributed by atoms with Crippen LogP contribution < -0.4 is 5.73 Å². The highest BCUT2D eigenvalue weighted by Crippen LogP contribution is 2.37. The second kappa shape index (κ2) is 4.73. The molecule has 3 aromatic rings. The van der Waals surface area contributed by atoms with Crippen molar-refractivity contribution in [1.82, 2.24) is 10.1 Å². The summed E-state index contributed by atoms with van der Waals surface area (Å²) in [5, 5.41) is 3.63. The lowest BCUT2D eigenvalue weighted by Crippen LogP contribution is -1.92. The predicted octanol–water partition coefficient (Wildman–Crippen LogP) is 3.26. The fourth-order valence-corrected chi connectivity index (χ4v) is 1.96. The second-order valence-electron chi connectivity index (χ2n) is 4.11. The molecule has 6 heteroatoms. The van der Waals surface area contributed by atoms with E-state index in [0.29, 0.717) is 11.1 Å². The van der Waals surface area contributed by atoms with Crippen molar-refractivity contribution in [3.63, 3.8) is 0 Å². The van der Waals surface area contributed by atoms with Gasteiger partial charge in [0.25, 0.3) is 0 Å². The van der Waals surface area contributed by atoms with Gasteiger partial charge in [-0.15, -0.1) is 0 Å². The fraction of sp³-hybridized carbons (Fsp3) is 0. The van der Waals surface area contributed by atoms with Gasteiger partial charge in [-0.05, 0) is 29.8 Å². The van der Waals surface area contributed by atoms with Crippen LogP contribution in [0.15, 0.2) is 47.2 Å². The van der Waals surface area contributed by atoms with Crippen LogP contribution in [0.3, 0.4) is 0 Å². The van der Waals surface area contributed by atoms with Gasteiger partial charge in [0, 0.05) is 12.4 Å². The smallest absolute Gasteiger partial charge is 0.179 e. The molecule has 100 valence electrons. The molecule has 0 amide bonds. The van der Waals surface area contributed by atoms with Gasteiger partial charge in [-0.2, -0.15) is 0 Å². The average Bonchev–Trinajstić information content (AvgIpc) is 2.84. The van der Waals surface area contributed by atoms with Crippen molar-refractivity contribution < 1.29 is 13.3 Å². The maximum atomic E-state index is 13.9. The van der Waals surface area contributed by atoms with Gasteiger partial charge >= 0.3 is 0 Å². The van der Waals surface area contributed by atoms with Crippen molar-refractivity contribution in [3.05, 3.63) is 54.4 Å². The Hall–Kier alpha value is -2.76. The Labute approximate surface area is 112 Å². The zero-order valence-electron chi connectivity index (χ0n) is 10.2. The van der Waals surface area contributed by atoms with Crippen LogP contribution >= 0.6 is 0 Å². The largest absolute Gasteiger partial charge is 0.380 e. The monoisotopic (exact) mass is 273 g/mol. The normalized spacial score (nSPS) is 10.7. The molecule has 0 aliphatic heterocycles. The molecule has 0 unspecified atom stereocenters. The van der Waals surface area contributed by atoms with E-state index >= 15 is 0 Å². The summed E-state index contributed by atoms with van der Waals surface area (Å²) in [6, 6.07) is 7.20. The van der Waals surface area contributed by atoms with E-state index in [1.54, 1.807) is 24.5 Å². The molecule has 0 fully saturated rings. The summed E-state index contributed by atoms with van der Waals surface area (Å²) in [6.07, 6.45) is 3.13. The van der Waals surface area contributed by atoms with Gasteiger partial charge in [0.05, 0.1) is 11.1 Å². The van der Waals surface area contributed by atoms with Gasteiger partial charge in [-0.25, -0.2) is 8.78 Å². The minimum Gasteiger partial charge on any atom is -0.380 e. The highest BCUT2D eigenvalue weighted by molar-refractivity contribution is 5.86. The molecule has 0 radical (unpaired) electrons. The summed E-state index contributed by atoms with van der Waals surface area (Å²) >= 11 is 0. The molecular formula is C14H9F2N3O. The van der Waals surface area contributed by atoms with E-state index in [1.165, 1.54) is 12.1 Å². The Morgan fingerprint density at radius 2 is 1.80 bits per heavy atom. The number of nitrogens with two attached hydrogens (primary N) is 1. The maximum Gasteiger partial charge on any atom is 0.179 e. The molecule has 4 nitrogen and oxygen atoms in total. The molecule has 1 aromatic carbocycles. The predicted molar refractivity (Wildman–Crippen MR) is 69.5 cm³/mol. The molecule has 0 atom stereocenters. The Morgan fingerprint density at radius 1 is 1.05 bits per heavy atom. The number of aromatic nitrogens is 2. The van der Waals surface area contributed by atoms with Crippen LogP contribution in [0.2, 0.25) is 0 Å². The van der Waals surface area contributed by atoms with Gasteiger partial charge in [-0.3, -0.25) is 4.98 Å². The van der Waals surface area contributed by atoms with Gasteiger partial charge in [0.1, 0.15) is 0 Å². The lowest BCUT2D eigenvalue weighted by atomic mass is 10.0. The highest BCUT2D eigenvalue weighted by Gasteiger charge is 2.21. The minimum atomic E-state index is -1.00. The SMILES string of the molecule is Nc1noc(-c2cccc(F)c2F)c1-c1ccncc1. The van der Waals surface area contributed by atoms with Crippen LogP contribution in [-0.2, 0) is 0 Å². The third kappa shape index (κ3) is 1.91. The Balaban J connectivity index is 2.24. The molecule has 0 aliphatic rings. The van der Waals surface area contributed by atoms with E-state index in [1.807, 2.05) is 0 Å². The molecule has 2 heterocycles. The molecule has 0 aliphatic carbocycles. The minimum absolute atomic E-state index is 0.0268. The third-order valence-corrected chi connectivity index (χ3v) is 2.88. The molecular weight excluding hydrogens is 264 g/mol. The number of hydrogen-bond acceptors (Lipinski definition) is 4. The summed E-state index contributed by atoms with van der Waals surface area (Å²) in [4.78, 5) is 3.89. The van der Waals surface area contributed by atoms with E-state index in [-0.39, 0.29) is 17.1 Å². The maximum absolute atomic E-state index is 13.9. The highest BCUT2D eigenvalue weighted by atomic mass is 19.2. The molecule has 20 heavy (non-hydrogen) atoms. The summed E-state index contributed by atoms with van der Waals surface area (Å²) in [5.74, 6) is -1.77. The topological polar surface area (TPSA) is 64.9 Å². The first-order valence-electron chi connectivity index (χ1n) is 5.78. The van der Waals surface area contributed by atoms with Crippen molar-refractivity contribution in [2.75, 3.05) is 5.73 Å². The van der Waals surface area contributed by atoms with Crippen molar-refractivity contribution in [2.45, 2.75) is 0 Å². The van der Waals surface area contributed by atoms with Gasteiger partial charge in [-0.1, -0.05) is 11.2 Å². The van der Waals surface area contributed by atoms with Crippen molar-refractivity contribution in [2.24, 2.45) is 0 Å². The van der Waals surface area contributed by atoms with Gasteiger partial charge in [0.15, 0.2) is 23.2 Å². The Morgan fingerprint density at radius 3 is 2.55 bits per heavy atom. The Bertz CT molecular complexity index is 756. The first-order chi connectivity index (χ1) is 9.68. The number of anilines is 1. The van der Waals surface area contributed by atoms with Gasteiger partial charge < -0.3 is 10.3 Å². The van der Waals surface area contributed by atoms with E-state index in [4.69, 9.17) is 10.3 Å². The third-order valence-electron chi connectivity index (χ3n) is 2.88. The molecule has 0 spiro atoms. The van der Waals surface area contributed by atoms with Crippen molar-refractivity contribution >= 4 is 5.82 Å². The van der Waals surface area contributed by atoms with E-state index < -0.39 is 11.6 Å². The molecule has 3 rings (SSSR count). The first kappa shape index (κ1) is 12.3.